The molecular weight excluding hydrogens is 250 g/mol. The first-order chi connectivity index (χ1) is 9.55. The maximum Gasteiger partial charge on any atom is 0.321 e. The van der Waals surface area contributed by atoms with Crippen LogP contribution in [0.15, 0.2) is 18.2 Å². The highest BCUT2D eigenvalue weighted by Crippen LogP contribution is 2.19. The molecule has 1 N–H and O–H groups in total. The number of nitrogens with zero attached hydrogens (tertiary/aromatic N) is 2. The van der Waals surface area contributed by atoms with Crippen molar-refractivity contribution in [2.24, 2.45) is 0 Å². The van der Waals surface area contributed by atoms with Gasteiger partial charge in [-0.05, 0) is 38.6 Å². The monoisotopic (exact) mass is 275 g/mol. The molecule has 1 saturated heterocycles. The van der Waals surface area contributed by atoms with E-state index in [9.17, 15) is 4.79 Å². The summed E-state index contributed by atoms with van der Waals surface area (Å²) < 4.78 is 0. The molecule has 1 heterocycles. The highest BCUT2D eigenvalue weighted by atomic mass is 16.2. The van der Waals surface area contributed by atoms with Crippen LogP contribution in [-0.4, -0.2) is 48.1 Å². The Hall–Kier alpha value is -1.55. The molecule has 1 aromatic carbocycles. The number of hydrogen-bond acceptors (Lipinski definition) is 2. The van der Waals surface area contributed by atoms with Crippen LogP contribution in [0.1, 0.15) is 25.0 Å². The zero-order valence-electron chi connectivity index (χ0n) is 12.9. The fourth-order valence-electron chi connectivity index (χ4n) is 2.74. The fraction of sp³-hybridized carbons (Fsp3) is 0.562. The predicted molar refractivity (Wildman–Crippen MR) is 83.2 cm³/mol. The first-order valence-corrected chi connectivity index (χ1v) is 7.42. The Labute approximate surface area is 121 Å². The van der Waals surface area contributed by atoms with Gasteiger partial charge >= 0.3 is 6.03 Å². The zero-order valence-corrected chi connectivity index (χ0v) is 12.9. The highest BCUT2D eigenvalue weighted by molar-refractivity contribution is 5.90. The third kappa shape index (κ3) is 3.12. The lowest BCUT2D eigenvalue weighted by molar-refractivity contribution is 0.0685. The number of carbonyl (C=O) groups is 1. The molecule has 110 valence electrons. The number of amides is 2. The second-order valence-electron chi connectivity index (χ2n) is 5.53. The molecule has 0 aliphatic carbocycles. The number of likely N-dealkylation sites (tertiary alicyclic amines) is 1. The molecule has 0 atom stereocenters. The van der Waals surface area contributed by atoms with Crippen molar-refractivity contribution in [1.82, 2.24) is 9.80 Å². The lowest BCUT2D eigenvalue weighted by Gasteiger charge is -2.44. The van der Waals surface area contributed by atoms with Crippen LogP contribution in [0.2, 0.25) is 0 Å². The quantitative estimate of drug-likeness (QED) is 0.917. The van der Waals surface area contributed by atoms with Crippen LogP contribution in [0.25, 0.3) is 0 Å². The molecule has 0 unspecified atom stereocenters. The summed E-state index contributed by atoms with van der Waals surface area (Å²) in [7, 11) is 0. The lowest BCUT2D eigenvalue weighted by Crippen LogP contribution is -2.61. The van der Waals surface area contributed by atoms with Crippen molar-refractivity contribution in [3.63, 3.8) is 0 Å². The standard InChI is InChI=1S/C16H25N3O/c1-5-18(6-2)14-10-19(11-14)16(20)17-15-8-7-12(3)9-13(15)4/h7-9,14H,5-6,10-11H2,1-4H3,(H,17,20). The lowest BCUT2D eigenvalue weighted by atomic mass is 10.1. The normalized spacial score (nSPS) is 15.3. The van der Waals surface area contributed by atoms with Gasteiger partial charge in [0.25, 0.3) is 0 Å². The number of hydrogen-bond donors (Lipinski definition) is 1. The van der Waals surface area contributed by atoms with E-state index in [1.165, 1.54) is 5.56 Å². The van der Waals surface area contributed by atoms with Crippen molar-refractivity contribution in [1.29, 1.82) is 0 Å². The molecule has 1 fully saturated rings. The summed E-state index contributed by atoms with van der Waals surface area (Å²) >= 11 is 0. The Morgan fingerprint density at radius 1 is 1.30 bits per heavy atom. The second-order valence-corrected chi connectivity index (χ2v) is 5.53. The Kier molecular flexibility index (Phi) is 4.65. The maximum absolute atomic E-state index is 12.2. The third-order valence-electron chi connectivity index (χ3n) is 4.10. The van der Waals surface area contributed by atoms with Gasteiger partial charge in [-0.15, -0.1) is 0 Å². The minimum atomic E-state index is 0.0142. The predicted octanol–water partition coefficient (Wildman–Crippen LogP) is 2.86. The van der Waals surface area contributed by atoms with Crippen LogP contribution in [-0.2, 0) is 0 Å². The van der Waals surface area contributed by atoms with E-state index >= 15 is 0 Å². The molecule has 20 heavy (non-hydrogen) atoms. The molecule has 0 radical (unpaired) electrons. The Bertz CT molecular complexity index is 477. The summed E-state index contributed by atoms with van der Waals surface area (Å²) in [6.45, 7) is 12.2. The molecule has 1 aliphatic rings. The van der Waals surface area contributed by atoms with Gasteiger partial charge in [-0.25, -0.2) is 4.79 Å². The number of urea groups is 1. The van der Waals surface area contributed by atoms with Gasteiger partial charge in [-0.1, -0.05) is 31.5 Å². The second kappa shape index (κ2) is 6.27. The van der Waals surface area contributed by atoms with Gasteiger partial charge in [0.05, 0.1) is 0 Å². The molecule has 0 aromatic heterocycles. The molecular formula is C16H25N3O. The number of aryl methyl sites for hydroxylation is 2. The van der Waals surface area contributed by atoms with Gasteiger partial charge < -0.3 is 10.2 Å². The van der Waals surface area contributed by atoms with E-state index in [2.05, 4.69) is 37.1 Å². The summed E-state index contributed by atoms with van der Waals surface area (Å²) in [5.74, 6) is 0. The molecule has 0 bridgehead atoms. The molecule has 0 saturated carbocycles. The van der Waals surface area contributed by atoms with Crippen LogP contribution >= 0.6 is 0 Å². The van der Waals surface area contributed by atoms with Gasteiger partial charge in [0.2, 0.25) is 0 Å². The van der Waals surface area contributed by atoms with Crippen LogP contribution < -0.4 is 5.32 Å². The van der Waals surface area contributed by atoms with Gasteiger partial charge in [-0.3, -0.25) is 4.90 Å². The van der Waals surface area contributed by atoms with Crippen LogP contribution in [0, 0.1) is 13.8 Å². The number of carbonyl (C=O) groups excluding carboxylic acids is 1. The number of likely N-dealkylation sites (N-methyl/N-ethyl adjacent to an activating group) is 1. The molecule has 4 nitrogen and oxygen atoms in total. The number of anilines is 1. The van der Waals surface area contributed by atoms with E-state index in [0.717, 1.165) is 37.4 Å². The first kappa shape index (κ1) is 14.9. The topological polar surface area (TPSA) is 35.6 Å². The summed E-state index contributed by atoms with van der Waals surface area (Å²) in [5.41, 5.74) is 3.23. The van der Waals surface area contributed by atoms with Crippen molar-refractivity contribution < 1.29 is 4.79 Å². The van der Waals surface area contributed by atoms with E-state index in [0.29, 0.717) is 6.04 Å². The number of rotatable bonds is 4. The van der Waals surface area contributed by atoms with Crippen molar-refractivity contribution >= 4 is 11.7 Å². The smallest absolute Gasteiger partial charge is 0.321 e. The van der Waals surface area contributed by atoms with Crippen LogP contribution in [0.5, 0.6) is 0 Å². The maximum atomic E-state index is 12.2. The molecule has 1 aromatic rings. The minimum absolute atomic E-state index is 0.0142. The summed E-state index contributed by atoms with van der Waals surface area (Å²) in [6.07, 6.45) is 0. The van der Waals surface area contributed by atoms with Crippen molar-refractivity contribution in [3.8, 4) is 0 Å². The Morgan fingerprint density at radius 3 is 2.50 bits per heavy atom. The molecule has 2 amide bonds. The Balaban J connectivity index is 1.88. The van der Waals surface area contributed by atoms with Crippen molar-refractivity contribution in [3.05, 3.63) is 29.3 Å². The van der Waals surface area contributed by atoms with Crippen LogP contribution in [0.3, 0.4) is 0 Å². The van der Waals surface area contributed by atoms with E-state index in [1.807, 2.05) is 24.0 Å². The van der Waals surface area contributed by atoms with Crippen molar-refractivity contribution in [2.75, 3.05) is 31.5 Å². The summed E-state index contributed by atoms with van der Waals surface area (Å²) in [5, 5.41) is 3.00. The van der Waals surface area contributed by atoms with E-state index < -0.39 is 0 Å². The molecule has 4 heteroatoms. The summed E-state index contributed by atoms with van der Waals surface area (Å²) in [4.78, 5) is 16.5. The van der Waals surface area contributed by atoms with Crippen LogP contribution in [0.4, 0.5) is 10.5 Å². The van der Waals surface area contributed by atoms with E-state index in [-0.39, 0.29) is 6.03 Å². The first-order valence-electron chi connectivity index (χ1n) is 7.42. The SMILES string of the molecule is CCN(CC)C1CN(C(=O)Nc2ccc(C)cc2C)C1. The minimum Gasteiger partial charge on any atom is -0.321 e. The van der Waals surface area contributed by atoms with Gasteiger partial charge in [0.15, 0.2) is 0 Å². The van der Waals surface area contributed by atoms with Gasteiger partial charge in [0, 0.05) is 24.8 Å². The molecule has 1 aliphatic heterocycles. The Morgan fingerprint density at radius 2 is 1.95 bits per heavy atom. The van der Waals surface area contributed by atoms with Gasteiger partial charge in [-0.2, -0.15) is 0 Å². The van der Waals surface area contributed by atoms with Gasteiger partial charge in [0.1, 0.15) is 0 Å². The van der Waals surface area contributed by atoms with Crippen molar-refractivity contribution in [2.45, 2.75) is 33.7 Å². The fourth-order valence-corrected chi connectivity index (χ4v) is 2.74. The largest absolute Gasteiger partial charge is 0.321 e. The molecule has 0 spiro atoms. The van der Waals surface area contributed by atoms with E-state index in [1.54, 1.807) is 0 Å². The molecule has 2 rings (SSSR count). The average Bonchev–Trinajstić information content (AvgIpc) is 2.36. The third-order valence-corrected chi connectivity index (χ3v) is 4.10. The average molecular weight is 275 g/mol. The number of nitrogens with one attached hydrogen (secondary N) is 1. The van der Waals surface area contributed by atoms with E-state index in [4.69, 9.17) is 0 Å². The highest BCUT2D eigenvalue weighted by Gasteiger charge is 2.33. The zero-order chi connectivity index (χ0) is 14.7. The number of benzene rings is 1. The summed E-state index contributed by atoms with van der Waals surface area (Å²) in [6, 6.07) is 6.63.